The van der Waals surface area contributed by atoms with E-state index in [2.05, 4.69) is 5.32 Å². The molecule has 4 heteroatoms. The largest absolute Gasteiger partial charge is 0.371 e. The lowest BCUT2D eigenvalue weighted by molar-refractivity contribution is 0.581. The summed E-state index contributed by atoms with van der Waals surface area (Å²) < 4.78 is 28.5. The molecule has 0 fully saturated rings. The predicted octanol–water partition coefficient (Wildman–Crippen LogP) is 5.95. The van der Waals surface area contributed by atoms with Crippen LogP contribution in [0.4, 0.5) is 10.1 Å². The Balaban J connectivity index is 1.93. The van der Waals surface area contributed by atoms with Gasteiger partial charge in [-0.2, -0.15) is 0 Å². The lowest BCUT2D eigenvalue weighted by Crippen LogP contribution is -2.25. The maximum Gasteiger partial charge on any atom is 0.168 e. The van der Waals surface area contributed by atoms with Crippen molar-refractivity contribution in [2.45, 2.75) is 5.78 Å². The van der Waals surface area contributed by atoms with Crippen molar-refractivity contribution in [3.05, 3.63) is 127 Å². The monoisotopic (exact) mass is 401 g/mol. The van der Waals surface area contributed by atoms with Crippen LogP contribution >= 0.6 is 7.14 Å². The van der Waals surface area contributed by atoms with Crippen LogP contribution in [0, 0.1) is 5.82 Å². The predicted molar refractivity (Wildman–Crippen MR) is 119 cm³/mol. The highest BCUT2D eigenvalue weighted by Gasteiger charge is 2.38. The van der Waals surface area contributed by atoms with Gasteiger partial charge in [0.2, 0.25) is 0 Å². The molecule has 0 radical (unpaired) electrons. The summed E-state index contributed by atoms with van der Waals surface area (Å²) in [5.41, 5.74) is 1.63. The van der Waals surface area contributed by atoms with Crippen molar-refractivity contribution in [3.8, 4) is 0 Å². The zero-order valence-corrected chi connectivity index (χ0v) is 16.7. The summed E-state index contributed by atoms with van der Waals surface area (Å²) in [5, 5.41) is 4.97. The summed E-state index contributed by atoms with van der Waals surface area (Å²) in [6.45, 7) is 0. The minimum absolute atomic E-state index is 0.318. The number of para-hydroxylation sites is 1. The maximum atomic E-state index is 14.9. The summed E-state index contributed by atoms with van der Waals surface area (Å²) >= 11 is 0. The van der Waals surface area contributed by atoms with Crippen LogP contribution in [0.2, 0.25) is 0 Å². The first kappa shape index (κ1) is 19.2. The quantitative estimate of drug-likeness (QED) is 0.405. The molecular formula is C25H21FNOP. The summed E-state index contributed by atoms with van der Waals surface area (Å²) in [4.78, 5) is 0. The van der Waals surface area contributed by atoms with Crippen LogP contribution in [-0.2, 0) is 4.57 Å². The van der Waals surface area contributed by atoms with Gasteiger partial charge in [-0.05, 0) is 29.8 Å². The van der Waals surface area contributed by atoms with Gasteiger partial charge in [0.05, 0.1) is 0 Å². The van der Waals surface area contributed by atoms with E-state index in [4.69, 9.17) is 0 Å². The van der Waals surface area contributed by atoms with Gasteiger partial charge in [-0.1, -0.05) is 91.0 Å². The number of hydrogen-bond acceptors (Lipinski definition) is 2. The fraction of sp³-hybridized carbons (Fsp3) is 0.0400. The highest BCUT2D eigenvalue weighted by molar-refractivity contribution is 7.79. The number of halogens is 1. The van der Waals surface area contributed by atoms with Crippen LogP contribution in [0.25, 0.3) is 0 Å². The van der Waals surface area contributed by atoms with Crippen LogP contribution < -0.4 is 15.9 Å². The second-order valence-corrected chi connectivity index (χ2v) is 9.66. The molecule has 0 heterocycles. The summed E-state index contributed by atoms with van der Waals surface area (Å²) in [7, 11) is -3.17. The number of anilines is 1. The first-order chi connectivity index (χ1) is 14.2. The van der Waals surface area contributed by atoms with E-state index in [0.717, 1.165) is 21.9 Å². The van der Waals surface area contributed by atoms with Crippen LogP contribution in [0.1, 0.15) is 11.3 Å². The Bertz CT molecular complexity index is 1060. The van der Waals surface area contributed by atoms with Gasteiger partial charge in [0.15, 0.2) is 7.14 Å². The normalized spacial score (nSPS) is 12.3. The molecular weight excluding hydrogens is 380 g/mol. The van der Waals surface area contributed by atoms with Crippen molar-refractivity contribution in [1.29, 1.82) is 0 Å². The summed E-state index contributed by atoms with van der Waals surface area (Å²) in [6.07, 6.45) is 0. The second-order valence-electron chi connectivity index (χ2n) is 6.79. The molecule has 0 saturated heterocycles. The molecule has 2 nitrogen and oxygen atoms in total. The molecule has 0 aliphatic carbocycles. The van der Waals surface area contributed by atoms with Gasteiger partial charge in [-0.15, -0.1) is 0 Å². The maximum absolute atomic E-state index is 14.9. The molecule has 4 aromatic rings. The SMILES string of the molecule is O=P(c1ccccc1)(c1ccccc1)[C@@H](Nc1ccccc1)c1ccc(F)cc1. The third kappa shape index (κ3) is 4.01. The first-order valence-electron chi connectivity index (χ1n) is 9.46. The topological polar surface area (TPSA) is 29.1 Å². The Hall–Kier alpha value is -3.16. The minimum atomic E-state index is -3.17. The molecule has 144 valence electrons. The summed E-state index contributed by atoms with van der Waals surface area (Å²) in [5.74, 6) is -0.864. The molecule has 4 rings (SSSR count). The van der Waals surface area contributed by atoms with Gasteiger partial charge in [-0.25, -0.2) is 4.39 Å². The van der Waals surface area contributed by atoms with Crippen LogP contribution in [0.15, 0.2) is 115 Å². The third-order valence-electron chi connectivity index (χ3n) is 4.91. The highest BCUT2D eigenvalue weighted by atomic mass is 31.2. The zero-order chi connectivity index (χ0) is 20.1. The number of nitrogens with one attached hydrogen (secondary N) is 1. The van der Waals surface area contributed by atoms with Gasteiger partial charge in [0.25, 0.3) is 0 Å². The molecule has 1 atom stereocenters. The molecule has 0 aliphatic heterocycles. The van der Waals surface area contributed by atoms with Crippen molar-refractivity contribution in [3.63, 3.8) is 0 Å². The van der Waals surface area contributed by atoms with Gasteiger partial charge < -0.3 is 9.88 Å². The fourth-order valence-electron chi connectivity index (χ4n) is 3.47. The van der Waals surface area contributed by atoms with E-state index < -0.39 is 12.9 Å². The molecule has 29 heavy (non-hydrogen) atoms. The van der Waals surface area contributed by atoms with Crippen molar-refractivity contribution in [1.82, 2.24) is 0 Å². The molecule has 4 aromatic carbocycles. The Morgan fingerprint density at radius 3 is 1.55 bits per heavy atom. The average Bonchev–Trinajstić information content (AvgIpc) is 2.79. The van der Waals surface area contributed by atoms with E-state index in [0.29, 0.717) is 0 Å². The van der Waals surface area contributed by atoms with Crippen molar-refractivity contribution in [2.24, 2.45) is 0 Å². The molecule has 0 aliphatic rings. The van der Waals surface area contributed by atoms with Gasteiger partial charge >= 0.3 is 0 Å². The average molecular weight is 401 g/mol. The molecule has 0 spiro atoms. The van der Waals surface area contributed by atoms with Gasteiger partial charge in [0, 0.05) is 16.3 Å². The van der Waals surface area contributed by atoms with Crippen LogP contribution in [-0.4, -0.2) is 0 Å². The highest BCUT2D eigenvalue weighted by Crippen LogP contribution is 2.57. The van der Waals surface area contributed by atoms with E-state index in [1.54, 1.807) is 12.1 Å². The lowest BCUT2D eigenvalue weighted by Gasteiger charge is -2.31. The van der Waals surface area contributed by atoms with Crippen molar-refractivity contribution < 1.29 is 8.96 Å². The Kier molecular flexibility index (Phi) is 5.59. The van der Waals surface area contributed by atoms with Gasteiger partial charge in [-0.3, -0.25) is 0 Å². The Morgan fingerprint density at radius 1 is 0.621 bits per heavy atom. The first-order valence-corrected chi connectivity index (χ1v) is 11.2. The molecule has 1 N–H and O–H groups in total. The molecule has 0 bridgehead atoms. The minimum Gasteiger partial charge on any atom is -0.371 e. The lowest BCUT2D eigenvalue weighted by atomic mass is 10.2. The smallest absolute Gasteiger partial charge is 0.168 e. The Morgan fingerprint density at radius 2 is 1.07 bits per heavy atom. The van der Waals surface area contributed by atoms with E-state index in [9.17, 15) is 8.96 Å². The molecule has 0 saturated carbocycles. The van der Waals surface area contributed by atoms with Gasteiger partial charge in [0.1, 0.15) is 11.6 Å². The van der Waals surface area contributed by atoms with E-state index in [-0.39, 0.29) is 5.82 Å². The fourth-order valence-corrected chi connectivity index (χ4v) is 6.52. The van der Waals surface area contributed by atoms with Crippen LogP contribution in [0.3, 0.4) is 0 Å². The van der Waals surface area contributed by atoms with Crippen molar-refractivity contribution >= 4 is 23.4 Å². The third-order valence-corrected chi connectivity index (χ3v) is 8.19. The zero-order valence-electron chi connectivity index (χ0n) is 15.8. The molecule has 0 unspecified atom stereocenters. The molecule has 0 aromatic heterocycles. The van der Waals surface area contributed by atoms with Crippen LogP contribution in [0.5, 0.6) is 0 Å². The van der Waals surface area contributed by atoms with E-state index in [1.165, 1.54) is 12.1 Å². The number of hydrogen-bond donors (Lipinski definition) is 1. The second kappa shape index (κ2) is 8.46. The van der Waals surface area contributed by atoms with E-state index >= 15 is 0 Å². The number of benzene rings is 4. The van der Waals surface area contributed by atoms with Crippen molar-refractivity contribution in [2.75, 3.05) is 5.32 Å². The Labute approximate surface area is 170 Å². The number of rotatable bonds is 6. The van der Waals surface area contributed by atoms with E-state index in [1.807, 2.05) is 91.0 Å². The summed E-state index contributed by atoms with van der Waals surface area (Å²) in [6, 6.07) is 34.9. The standard InChI is InChI=1S/C25H21FNOP/c26-21-18-16-20(17-19-21)25(27-22-10-4-1-5-11-22)29(28,23-12-6-2-7-13-23)24-14-8-3-9-15-24/h1-19,25,27H/t25-/m1/s1. The molecule has 0 amide bonds.